The number of phenols is 1. The van der Waals surface area contributed by atoms with Crippen LogP contribution in [0.15, 0.2) is 18.2 Å². The number of phenolic OH excluding ortho intramolecular Hbond substituents is 1. The summed E-state index contributed by atoms with van der Waals surface area (Å²) >= 11 is 1.94. The maximum atomic E-state index is 12.3. The molecule has 1 aliphatic heterocycles. The Hall–Kier alpha value is -2.61. The lowest BCUT2D eigenvalue weighted by Gasteiger charge is -2.43. The molecule has 1 aromatic rings. The van der Waals surface area contributed by atoms with Crippen molar-refractivity contribution in [1.29, 1.82) is 0 Å². The third-order valence-electron chi connectivity index (χ3n) is 3.94. The van der Waals surface area contributed by atoms with Gasteiger partial charge in [0.2, 0.25) is 12.4 Å². The summed E-state index contributed by atoms with van der Waals surface area (Å²) in [6.07, 6.45) is -7.41. The molecule has 0 radical (unpaired) electrons. The molecule has 1 fully saturated rings. The summed E-state index contributed by atoms with van der Waals surface area (Å²) in [7, 11) is 1.09. The molecule has 3 unspecified atom stereocenters. The number of carbonyl (C=O) groups excluding carboxylic acids is 4. The van der Waals surface area contributed by atoms with E-state index >= 15 is 0 Å². The number of rotatable bonds is 6. The standard InChI is InChI=1S/C19H21IO11/c1-8(21)27-14-15(28-9(2)22)17(29-10(3)23)19(31-16(14)18(25)26-4)30-13-6-11(20)5-12(24)7-13/h5-7,14-17,19,24H,1-4H3/t14-,15?,16?,17?,19+/m1/s1. The Morgan fingerprint density at radius 1 is 0.903 bits per heavy atom. The molecule has 1 saturated heterocycles. The molecule has 0 aromatic heterocycles. The van der Waals surface area contributed by atoms with Crippen molar-refractivity contribution in [2.45, 2.75) is 51.5 Å². The Balaban J connectivity index is 2.52. The fourth-order valence-corrected chi connectivity index (χ4v) is 3.55. The van der Waals surface area contributed by atoms with Gasteiger partial charge in [-0.1, -0.05) is 0 Å². The van der Waals surface area contributed by atoms with Crippen molar-refractivity contribution in [2.75, 3.05) is 7.11 Å². The number of esters is 4. The van der Waals surface area contributed by atoms with Crippen molar-refractivity contribution in [3.63, 3.8) is 0 Å². The molecule has 1 N–H and O–H groups in total. The van der Waals surface area contributed by atoms with E-state index in [2.05, 4.69) is 0 Å². The molecule has 0 amide bonds. The van der Waals surface area contributed by atoms with Crippen LogP contribution in [0.3, 0.4) is 0 Å². The van der Waals surface area contributed by atoms with Crippen LogP contribution in [0.5, 0.6) is 11.5 Å². The van der Waals surface area contributed by atoms with E-state index in [0.29, 0.717) is 3.57 Å². The Labute approximate surface area is 191 Å². The third-order valence-corrected chi connectivity index (χ3v) is 4.57. The number of benzene rings is 1. The van der Waals surface area contributed by atoms with Crippen LogP contribution < -0.4 is 4.74 Å². The number of aromatic hydroxyl groups is 1. The van der Waals surface area contributed by atoms with Crippen LogP contribution in [0.1, 0.15) is 20.8 Å². The van der Waals surface area contributed by atoms with Gasteiger partial charge in [0.15, 0.2) is 18.3 Å². The highest BCUT2D eigenvalue weighted by atomic mass is 127. The molecule has 1 heterocycles. The molecule has 0 bridgehead atoms. The number of carbonyl (C=O) groups is 4. The monoisotopic (exact) mass is 552 g/mol. The zero-order valence-electron chi connectivity index (χ0n) is 17.0. The predicted molar refractivity (Wildman–Crippen MR) is 109 cm³/mol. The lowest BCUT2D eigenvalue weighted by Crippen LogP contribution is -2.64. The Bertz CT molecular complexity index is 835. The molecule has 2 rings (SSSR count). The molecule has 0 saturated carbocycles. The molecule has 1 aromatic carbocycles. The van der Waals surface area contributed by atoms with Crippen molar-refractivity contribution >= 4 is 46.5 Å². The summed E-state index contributed by atoms with van der Waals surface area (Å²) in [5.74, 6) is -3.31. The molecule has 1 aliphatic rings. The lowest BCUT2D eigenvalue weighted by molar-refractivity contribution is -0.282. The summed E-state index contributed by atoms with van der Waals surface area (Å²) in [6, 6.07) is 4.28. The molecule has 12 heteroatoms. The van der Waals surface area contributed by atoms with Gasteiger partial charge >= 0.3 is 23.9 Å². The van der Waals surface area contributed by atoms with Crippen molar-refractivity contribution in [1.82, 2.24) is 0 Å². The average molecular weight is 552 g/mol. The number of hydrogen-bond donors (Lipinski definition) is 1. The van der Waals surface area contributed by atoms with Gasteiger partial charge < -0.3 is 33.5 Å². The van der Waals surface area contributed by atoms with Crippen LogP contribution in [-0.2, 0) is 42.9 Å². The molecule has 0 aliphatic carbocycles. The number of hydrogen-bond acceptors (Lipinski definition) is 11. The quantitative estimate of drug-likeness (QED) is 0.308. The molecular weight excluding hydrogens is 531 g/mol. The smallest absolute Gasteiger partial charge is 0.339 e. The maximum absolute atomic E-state index is 12.3. The van der Waals surface area contributed by atoms with Gasteiger partial charge in [0.25, 0.3) is 0 Å². The molecule has 31 heavy (non-hydrogen) atoms. The van der Waals surface area contributed by atoms with Crippen LogP contribution >= 0.6 is 22.6 Å². The number of ether oxygens (including phenoxy) is 6. The molecule has 5 atom stereocenters. The summed E-state index contributed by atoms with van der Waals surface area (Å²) in [4.78, 5) is 47.5. The van der Waals surface area contributed by atoms with E-state index in [1.807, 2.05) is 22.6 Å². The second-order valence-corrected chi connectivity index (χ2v) is 7.68. The van der Waals surface area contributed by atoms with Gasteiger partial charge in [-0.25, -0.2) is 4.79 Å². The molecule has 11 nitrogen and oxygen atoms in total. The highest BCUT2D eigenvalue weighted by molar-refractivity contribution is 14.1. The fraction of sp³-hybridized carbons (Fsp3) is 0.474. The minimum Gasteiger partial charge on any atom is -0.508 e. The van der Waals surface area contributed by atoms with Gasteiger partial charge in [0, 0.05) is 30.4 Å². The van der Waals surface area contributed by atoms with E-state index in [-0.39, 0.29) is 11.5 Å². The first kappa shape index (κ1) is 24.7. The van der Waals surface area contributed by atoms with Crippen molar-refractivity contribution in [3.05, 3.63) is 21.8 Å². The van der Waals surface area contributed by atoms with Crippen LogP contribution in [0.2, 0.25) is 0 Å². The Morgan fingerprint density at radius 3 is 1.97 bits per heavy atom. The third kappa shape index (κ3) is 6.69. The van der Waals surface area contributed by atoms with Gasteiger partial charge in [-0.2, -0.15) is 0 Å². The SMILES string of the molecule is COC(=O)C1O[C@H](Oc2cc(O)cc(I)c2)C(OC(C)=O)C(OC(C)=O)[C@H]1OC(C)=O. The first-order valence-corrected chi connectivity index (χ1v) is 10.0. The Morgan fingerprint density at radius 2 is 1.45 bits per heavy atom. The molecular formula is C19H21IO11. The zero-order valence-corrected chi connectivity index (χ0v) is 19.2. The van der Waals surface area contributed by atoms with Gasteiger partial charge in [0.1, 0.15) is 11.5 Å². The molecule has 0 spiro atoms. The maximum Gasteiger partial charge on any atom is 0.339 e. The summed E-state index contributed by atoms with van der Waals surface area (Å²) < 4.78 is 32.3. The van der Waals surface area contributed by atoms with Gasteiger partial charge in [-0.15, -0.1) is 0 Å². The van der Waals surface area contributed by atoms with E-state index in [1.165, 1.54) is 12.1 Å². The van der Waals surface area contributed by atoms with Crippen LogP contribution in [-0.4, -0.2) is 66.8 Å². The Kier molecular flexibility index (Phi) is 8.44. The van der Waals surface area contributed by atoms with E-state index in [0.717, 1.165) is 27.9 Å². The first-order chi connectivity index (χ1) is 14.5. The largest absolute Gasteiger partial charge is 0.508 e. The summed E-state index contributed by atoms with van der Waals surface area (Å²) in [5.41, 5.74) is 0. The second kappa shape index (κ2) is 10.6. The van der Waals surface area contributed by atoms with E-state index in [1.54, 1.807) is 6.07 Å². The first-order valence-electron chi connectivity index (χ1n) is 8.93. The number of halogens is 1. The summed E-state index contributed by atoms with van der Waals surface area (Å²) in [5, 5.41) is 9.81. The van der Waals surface area contributed by atoms with E-state index in [9.17, 15) is 24.3 Å². The minimum atomic E-state index is -1.56. The second-order valence-electron chi connectivity index (χ2n) is 6.43. The lowest BCUT2D eigenvalue weighted by atomic mass is 9.97. The fourth-order valence-electron chi connectivity index (χ4n) is 2.92. The van der Waals surface area contributed by atoms with Gasteiger partial charge in [-0.3, -0.25) is 14.4 Å². The normalized spacial score (nSPS) is 25.1. The van der Waals surface area contributed by atoms with Gasteiger partial charge in [-0.05, 0) is 34.7 Å². The van der Waals surface area contributed by atoms with Crippen molar-refractivity contribution in [3.8, 4) is 11.5 Å². The van der Waals surface area contributed by atoms with Crippen molar-refractivity contribution < 1.29 is 52.7 Å². The van der Waals surface area contributed by atoms with Crippen LogP contribution in [0.25, 0.3) is 0 Å². The predicted octanol–water partition coefficient (Wildman–Crippen LogP) is 1.07. The van der Waals surface area contributed by atoms with Crippen LogP contribution in [0.4, 0.5) is 0 Å². The van der Waals surface area contributed by atoms with Crippen LogP contribution in [0, 0.1) is 3.57 Å². The van der Waals surface area contributed by atoms with Crippen molar-refractivity contribution in [2.24, 2.45) is 0 Å². The van der Waals surface area contributed by atoms with Gasteiger partial charge in [0.05, 0.1) is 7.11 Å². The number of methoxy groups -OCH3 is 1. The minimum absolute atomic E-state index is 0.111. The highest BCUT2D eigenvalue weighted by Gasteiger charge is 2.55. The molecule has 170 valence electrons. The zero-order chi connectivity index (χ0) is 23.3. The van der Waals surface area contributed by atoms with E-state index < -0.39 is 54.6 Å². The topological polar surface area (TPSA) is 144 Å². The highest BCUT2D eigenvalue weighted by Crippen LogP contribution is 2.32. The summed E-state index contributed by atoms with van der Waals surface area (Å²) in [6.45, 7) is 3.27. The average Bonchev–Trinajstić information content (AvgIpc) is 2.63. The van der Waals surface area contributed by atoms with E-state index in [4.69, 9.17) is 28.4 Å².